The molecule has 0 aromatic heterocycles. The smallest absolute Gasteiger partial charge is 1.00 e. The van der Waals surface area contributed by atoms with Crippen molar-refractivity contribution in [1.29, 1.82) is 0 Å². The summed E-state index contributed by atoms with van der Waals surface area (Å²) >= 11 is -3.02. The van der Waals surface area contributed by atoms with Crippen LogP contribution < -0.4 is 28.1 Å². The largest absolute Gasteiger partial charge is 1.00 e. The van der Waals surface area contributed by atoms with E-state index in [1.54, 1.807) is 20.9 Å². The fraction of sp³-hybridized carbons (Fsp3) is 0.328. The molecule has 1 unspecified atom stereocenters. The molecule has 3 aliphatic carbocycles. The molecule has 312 valence electrons. The molecular formula is C58H62Cl2Zr. The molecule has 0 N–H and O–H groups in total. The van der Waals surface area contributed by atoms with Crippen LogP contribution in [0.5, 0.6) is 0 Å². The Morgan fingerprint density at radius 2 is 1.21 bits per heavy atom. The van der Waals surface area contributed by atoms with E-state index in [0.717, 1.165) is 6.42 Å². The Morgan fingerprint density at radius 1 is 0.623 bits per heavy atom. The number of allylic oxidation sites excluding steroid dienone is 4. The van der Waals surface area contributed by atoms with Crippen LogP contribution in [0.25, 0.3) is 44.2 Å². The number of rotatable bonds is 6. The SMILES string of the molecule is C/[C](c1ccc2ccccc2c1)=[Zr+2](\[C]1=CC(C2(C)CCCCC2)=CC1C)[c]1c2c(cc(C(C)(C)C)c1-c1ccccc1)-c1cc(C(C)(C)C)c(-c3ccccc3)cc1C2.[Cl-].[Cl-]. The Kier molecular flexibility index (Phi) is 13.0. The van der Waals surface area contributed by atoms with Gasteiger partial charge in [-0.15, -0.1) is 0 Å². The second kappa shape index (κ2) is 17.5. The zero-order valence-electron chi connectivity index (χ0n) is 37.8. The van der Waals surface area contributed by atoms with E-state index < -0.39 is 21.3 Å². The molecule has 0 radical (unpaired) electrons. The van der Waals surface area contributed by atoms with Gasteiger partial charge in [0.1, 0.15) is 0 Å². The van der Waals surface area contributed by atoms with Gasteiger partial charge in [-0.1, -0.05) is 0 Å². The van der Waals surface area contributed by atoms with Gasteiger partial charge >= 0.3 is 365 Å². The molecule has 6 aromatic carbocycles. The van der Waals surface area contributed by atoms with Crippen LogP contribution in [-0.4, -0.2) is 3.21 Å². The summed E-state index contributed by atoms with van der Waals surface area (Å²) in [5.74, 6) is 0.423. The molecule has 1 atom stereocenters. The molecule has 6 aromatic rings. The van der Waals surface area contributed by atoms with E-state index in [1.807, 2.05) is 0 Å². The maximum Gasteiger partial charge on any atom is -1.00 e. The van der Waals surface area contributed by atoms with Gasteiger partial charge in [0.05, 0.1) is 0 Å². The molecule has 0 saturated heterocycles. The standard InChI is InChI=1S/C33H33.C13H19.C12H10.2ClH.Zr/c1-32(2,3)30-20-26-24(18-28(30)22-13-9-7-10-14-22)17-25-19-29(23-15-11-8-12-16-23)31(21-27(25)26)33(4,5)6;1-11-6-7-12(10-11)13(2)8-4-3-5-9-13;1-2-10-7-8-11-5-3-4-6-12(11)9-10;;;/h7-16,18,20-21H,17H2,1-6H3;7,10-11H,3-5,8-9H2,1-2H3;3-9H,1H3;2*1H;/q;;;;;+2/p-2. The Balaban J connectivity index is 0.00000281. The third kappa shape index (κ3) is 8.46. The van der Waals surface area contributed by atoms with Gasteiger partial charge in [-0.2, -0.15) is 0 Å². The predicted octanol–water partition coefficient (Wildman–Crippen LogP) is 9.26. The summed E-state index contributed by atoms with van der Waals surface area (Å²) in [6, 6.07) is 46.7. The van der Waals surface area contributed by atoms with E-state index in [4.69, 9.17) is 0 Å². The minimum Gasteiger partial charge on any atom is -1.00 e. The van der Waals surface area contributed by atoms with Crippen molar-refractivity contribution in [3.8, 4) is 33.4 Å². The third-order valence-electron chi connectivity index (χ3n) is 14.1. The topological polar surface area (TPSA) is 0 Å². The molecular weight excluding hydrogens is 859 g/mol. The maximum atomic E-state index is 2.79. The molecule has 3 aliphatic rings. The van der Waals surface area contributed by atoms with Crippen LogP contribution in [0.2, 0.25) is 0 Å². The van der Waals surface area contributed by atoms with Gasteiger partial charge < -0.3 is 24.8 Å². The van der Waals surface area contributed by atoms with Gasteiger partial charge in [0.25, 0.3) is 0 Å². The Hall–Kier alpha value is -3.61. The average molecular weight is 921 g/mol. The Morgan fingerprint density at radius 3 is 1.85 bits per heavy atom. The van der Waals surface area contributed by atoms with Crippen molar-refractivity contribution >= 4 is 17.2 Å². The van der Waals surface area contributed by atoms with Crippen molar-refractivity contribution in [3.63, 3.8) is 0 Å². The fourth-order valence-corrected chi connectivity index (χ4v) is 19.2. The number of hydrogen-bond donors (Lipinski definition) is 0. The van der Waals surface area contributed by atoms with Crippen LogP contribution in [0.4, 0.5) is 0 Å². The van der Waals surface area contributed by atoms with Crippen LogP contribution in [0.1, 0.15) is 122 Å². The van der Waals surface area contributed by atoms with E-state index in [2.05, 4.69) is 196 Å². The summed E-state index contributed by atoms with van der Waals surface area (Å²) in [5.41, 5.74) is 17.7. The molecule has 1 saturated carbocycles. The second-order valence-electron chi connectivity index (χ2n) is 20.4. The molecule has 0 amide bonds. The molecule has 0 spiro atoms. The molecule has 0 aliphatic heterocycles. The summed E-state index contributed by atoms with van der Waals surface area (Å²) < 4.78 is 5.10. The van der Waals surface area contributed by atoms with Gasteiger partial charge in [0.15, 0.2) is 0 Å². The van der Waals surface area contributed by atoms with E-state index >= 15 is 0 Å². The second-order valence-corrected chi connectivity index (χ2v) is 26.7. The first-order valence-electron chi connectivity index (χ1n) is 22.3. The molecule has 0 heterocycles. The van der Waals surface area contributed by atoms with Crippen molar-refractivity contribution < 1.29 is 46.1 Å². The van der Waals surface area contributed by atoms with E-state index in [9.17, 15) is 0 Å². The first-order valence-corrected chi connectivity index (χ1v) is 26.0. The normalized spacial score (nSPS) is 17.1. The fourth-order valence-electron chi connectivity index (χ4n) is 10.7. The Bertz CT molecular complexity index is 2690. The summed E-state index contributed by atoms with van der Waals surface area (Å²) in [5, 5.41) is 2.65. The molecule has 1 fully saturated rings. The molecule has 3 heteroatoms. The summed E-state index contributed by atoms with van der Waals surface area (Å²) in [6.07, 6.45) is 13.1. The average Bonchev–Trinajstić information content (AvgIpc) is 3.80. The zero-order valence-corrected chi connectivity index (χ0v) is 41.7. The van der Waals surface area contributed by atoms with E-state index in [-0.39, 0.29) is 41.1 Å². The number of halogens is 2. The molecule has 61 heavy (non-hydrogen) atoms. The monoisotopic (exact) mass is 918 g/mol. The quantitative estimate of drug-likeness (QED) is 0.156. The van der Waals surface area contributed by atoms with E-state index in [0.29, 0.717) is 5.92 Å². The maximum absolute atomic E-state index is 3.02. The number of hydrogen-bond acceptors (Lipinski definition) is 0. The van der Waals surface area contributed by atoms with Gasteiger partial charge in [-0.05, 0) is 0 Å². The predicted molar refractivity (Wildman–Crippen MR) is 253 cm³/mol. The zero-order chi connectivity index (χ0) is 41.3. The van der Waals surface area contributed by atoms with Gasteiger partial charge in [-0.25, -0.2) is 0 Å². The molecule has 0 nitrogen and oxygen atoms in total. The first-order chi connectivity index (χ1) is 28.2. The van der Waals surface area contributed by atoms with Crippen LogP contribution in [-0.2, 0) is 38.5 Å². The van der Waals surface area contributed by atoms with Crippen molar-refractivity contribution in [2.24, 2.45) is 11.3 Å². The van der Waals surface area contributed by atoms with Crippen molar-refractivity contribution in [1.82, 2.24) is 0 Å². The van der Waals surface area contributed by atoms with E-state index in [1.165, 1.54) is 98.5 Å². The summed E-state index contributed by atoms with van der Waals surface area (Å²) in [7, 11) is 0. The number of benzene rings is 6. The van der Waals surface area contributed by atoms with Crippen LogP contribution >= 0.6 is 0 Å². The van der Waals surface area contributed by atoms with Gasteiger partial charge in [0, 0.05) is 0 Å². The molecule has 0 bridgehead atoms. The van der Waals surface area contributed by atoms with Crippen LogP contribution in [0.15, 0.2) is 142 Å². The minimum absolute atomic E-state index is 0. The minimum atomic E-state index is -3.02. The summed E-state index contributed by atoms with van der Waals surface area (Å²) in [6.45, 7) is 22.2. The molecule has 9 rings (SSSR count). The van der Waals surface area contributed by atoms with Crippen LogP contribution in [0.3, 0.4) is 0 Å². The van der Waals surface area contributed by atoms with Crippen molar-refractivity contribution in [2.75, 3.05) is 0 Å². The first kappa shape index (κ1) is 45.4. The van der Waals surface area contributed by atoms with Crippen molar-refractivity contribution in [2.45, 2.75) is 112 Å². The Labute approximate surface area is 387 Å². The van der Waals surface area contributed by atoms with Crippen molar-refractivity contribution in [3.05, 3.63) is 170 Å². The number of fused-ring (bicyclic) bond motifs is 4. The van der Waals surface area contributed by atoms with Gasteiger partial charge in [-0.3, -0.25) is 0 Å². The third-order valence-corrected chi connectivity index (χ3v) is 22.1. The van der Waals surface area contributed by atoms with Gasteiger partial charge in [0.2, 0.25) is 0 Å². The summed E-state index contributed by atoms with van der Waals surface area (Å²) in [4.78, 5) is 0. The van der Waals surface area contributed by atoms with Crippen LogP contribution in [0, 0.1) is 11.3 Å².